The van der Waals surface area contributed by atoms with Crippen LogP contribution in [0.15, 0.2) is 48.9 Å². The second-order valence-corrected chi connectivity index (χ2v) is 10.7. The topological polar surface area (TPSA) is 79.9 Å². The van der Waals surface area contributed by atoms with E-state index < -0.39 is 17.7 Å². The normalized spacial score (nSPS) is 22.0. The van der Waals surface area contributed by atoms with Crippen molar-refractivity contribution in [3.8, 4) is 0 Å². The van der Waals surface area contributed by atoms with Crippen molar-refractivity contribution in [3.63, 3.8) is 0 Å². The zero-order valence-electron chi connectivity index (χ0n) is 21.0. The van der Waals surface area contributed by atoms with Crippen molar-refractivity contribution in [1.82, 2.24) is 23.8 Å². The number of fused-ring (bicyclic) bond motifs is 1. The summed E-state index contributed by atoms with van der Waals surface area (Å²) in [4.78, 5) is 47.9. The highest BCUT2D eigenvalue weighted by molar-refractivity contribution is 6.14. The van der Waals surface area contributed by atoms with E-state index in [1.54, 1.807) is 11.1 Å². The third-order valence-corrected chi connectivity index (χ3v) is 8.39. The number of pyridine rings is 1. The van der Waals surface area contributed by atoms with E-state index in [-0.39, 0.29) is 24.0 Å². The summed E-state index contributed by atoms with van der Waals surface area (Å²) in [6.45, 7) is 2.84. The average molecular weight is 514 g/mol. The Bertz CT molecular complexity index is 1620. The molecule has 1 saturated carbocycles. The van der Waals surface area contributed by atoms with E-state index in [2.05, 4.69) is 4.98 Å². The molecule has 1 saturated heterocycles. The predicted molar refractivity (Wildman–Crippen MR) is 138 cm³/mol. The van der Waals surface area contributed by atoms with Gasteiger partial charge in [0.1, 0.15) is 23.0 Å². The van der Waals surface area contributed by atoms with E-state index in [0.29, 0.717) is 41.9 Å². The first-order chi connectivity index (χ1) is 18.5. The molecule has 9 heteroatoms. The summed E-state index contributed by atoms with van der Waals surface area (Å²) >= 11 is 0. The summed E-state index contributed by atoms with van der Waals surface area (Å²) in [5, 5.41) is 0.638. The molecule has 0 bridgehead atoms. The molecule has 3 aliphatic rings. The largest absolute Gasteiger partial charge is 0.345 e. The van der Waals surface area contributed by atoms with Gasteiger partial charge in [0.25, 0.3) is 0 Å². The number of likely N-dealkylation sites (tertiary alicyclic amines) is 1. The van der Waals surface area contributed by atoms with Crippen molar-refractivity contribution >= 4 is 34.1 Å². The molecular formula is C29H28FN5O3. The Morgan fingerprint density at radius 3 is 2.61 bits per heavy atom. The Morgan fingerprint density at radius 1 is 0.947 bits per heavy atom. The summed E-state index contributed by atoms with van der Waals surface area (Å²) in [6, 6.07) is 8.56. The van der Waals surface area contributed by atoms with Gasteiger partial charge in [-0.25, -0.2) is 14.2 Å². The molecule has 3 aromatic heterocycles. The van der Waals surface area contributed by atoms with Crippen LogP contribution in [0.4, 0.5) is 9.18 Å². The summed E-state index contributed by atoms with van der Waals surface area (Å²) in [7, 11) is 0. The number of aromatic nitrogens is 3. The number of nitrogens with zero attached hydrogens (tertiary/aromatic N) is 5. The third-order valence-electron chi connectivity index (χ3n) is 8.39. The van der Waals surface area contributed by atoms with Crippen molar-refractivity contribution in [1.29, 1.82) is 0 Å². The maximum Gasteiger partial charge on any atom is 0.320 e. The number of imidazole rings is 1. The maximum atomic E-state index is 15.1. The van der Waals surface area contributed by atoms with E-state index in [4.69, 9.17) is 0 Å². The van der Waals surface area contributed by atoms with E-state index in [1.165, 1.54) is 12.1 Å². The quantitative estimate of drug-likeness (QED) is 0.375. The number of amides is 2. The van der Waals surface area contributed by atoms with Gasteiger partial charge in [0.2, 0.25) is 0 Å². The number of benzene rings is 1. The fourth-order valence-electron chi connectivity index (χ4n) is 6.66. The molecule has 194 valence electrons. The Kier molecular flexibility index (Phi) is 5.35. The molecule has 0 N–H and O–H groups in total. The van der Waals surface area contributed by atoms with Crippen LogP contribution in [0.25, 0.3) is 16.6 Å². The SMILES string of the molecule is O=C1CC(=O)C(c2cnc3ccccn23)C1c1cn2c3c(cc(F)cc13)CN(C(=O)N1CCCCC1)CC2. The standard InChI is InChI=1S/C29H28FN5O3/c30-19-12-18-16-34(29(38)32-7-3-1-4-8-32)11-10-33-17-21(20(13-19)28(18)33)26-23(36)14-24(37)27(26)22-15-31-25-6-2-5-9-35(22)25/h2,5-6,9,12-13,15,17,26-27H,1,3-4,7-8,10-11,14,16H2. The Morgan fingerprint density at radius 2 is 1.76 bits per heavy atom. The van der Waals surface area contributed by atoms with Gasteiger partial charge < -0.3 is 18.8 Å². The fraction of sp³-hybridized carbons (Fsp3) is 0.379. The van der Waals surface area contributed by atoms with Crippen LogP contribution < -0.4 is 0 Å². The first kappa shape index (κ1) is 23.1. The number of hydrogen-bond acceptors (Lipinski definition) is 4. The van der Waals surface area contributed by atoms with Crippen LogP contribution in [-0.4, -0.2) is 61.0 Å². The molecule has 38 heavy (non-hydrogen) atoms. The number of urea groups is 1. The number of carbonyl (C=O) groups is 3. The molecule has 5 heterocycles. The predicted octanol–water partition coefficient (Wildman–Crippen LogP) is 4.26. The van der Waals surface area contributed by atoms with Crippen molar-refractivity contribution < 1.29 is 18.8 Å². The minimum atomic E-state index is -0.716. The summed E-state index contributed by atoms with van der Waals surface area (Å²) in [6.07, 6.45) is 8.42. The minimum absolute atomic E-state index is 0.00247. The van der Waals surface area contributed by atoms with Crippen molar-refractivity contribution in [3.05, 3.63) is 71.6 Å². The lowest BCUT2D eigenvalue weighted by atomic mass is 9.85. The van der Waals surface area contributed by atoms with Gasteiger partial charge in [0.05, 0.1) is 29.5 Å². The monoisotopic (exact) mass is 513 g/mol. The molecule has 8 nitrogen and oxygen atoms in total. The third kappa shape index (κ3) is 3.55. The molecule has 2 atom stereocenters. The fourth-order valence-corrected chi connectivity index (χ4v) is 6.66. The van der Waals surface area contributed by atoms with Crippen LogP contribution in [0, 0.1) is 5.82 Å². The molecule has 0 radical (unpaired) electrons. The number of halogens is 1. The lowest BCUT2D eigenvalue weighted by molar-refractivity contribution is -0.122. The van der Waals surface area contributed by atoms with Gasteiger partial charge in [-0.3, -0.25) is 9.59 Å². The lowest BCUT2D eigenvalue weighted by Gasteiger charge is -2.32. The first-order valence-electron chi connectivity index (χ1n) is 13.3. The highest BCUT2D eigenvalue weighted by atomic mass is 19.1. The van der Waals surface area contributed by atoms with E-state index in [1.807, 2.05) is 44.5 Å². The van der Waals surface area contributed by atoms with Gasteiger partial charge in [0, 0.05) is 56.7 Å². The highest BCUT2D eigenvalue weighted by Gasteiger charge is 2.46. The molecule has 1 aliphatic carbocycles. The lowest BCUT2D eigenvalue weighted by Crippen LogP contribution is -2.45. The number of ketones is 2. The zero-order valence-corrected chi connectivity index (χ0v) is 21.0. The summed E-state index contributed by atoms with van der Waals surface area (Å²) in [5.74, 6) is -2.12. The molecule has 2 aliphatic heterocycles. The molecule has 1 aromatic carbocycles. The van der Waals surface area contributed by atoms with E-state index in [9.17, 15) is 14.4 Å². The Balaban J connectivity index is 1.31. The molecule has 0 spiro atoms. The summed E-state index contributed by atoms with van der Waals surface area (Å²) in [5.41, 5.74) is 3.60. The number of Topliss-reactive ketones (excluding diaryl/α,β-unsaturated/α-hetero) is 2. The van der Waals surface area contributed by atoms with Crippen molar-refractivity contribution in [2.45, 2.75) is 50.6 Å². The second-order valence-electron chi connectivity index (χ2n) is 10.7. The number of rotatable bonds is 2. The van der Waals surface area contributed by atoms with Crippen LogP contribution in [0.1, 0.15) is 54.3 Å². The number of hydrogen-bond donors (Lipinski definition) is 0. The Hall–Kier alpha value is -4.01. The van der Waals surface area contributed by atoms with Crippen LogP contribution >= 0.6 is 0 Å². The molecule has 7 rings (SSSR count). The maximum absolute atomic E-state index is 15.1. The molecule has 2 fully saturated rings. The average Bonchev–Trinajstić information content (AvgIpc) is 3.54. The second kappa shape index (κ2) is 8.79. The van der Waals surface area contributed by atoms with Crippen LogP contribution in [-0.2, 0) is 22.7 Å². The van der Waals surface area contributed by atoms with Crippen LogP contribution in [0.2, 0.25) is 0 Å². The van der Waals surface area contributed by atoms with Gasteiger partial charge in [-0.2, -0.15) is 0 Å². The first-order valence-corrected chi connectivity index (χ1v) is 13.3. The van der Waals surface area contributed by atoms with Gasteiger partial charge in [0.15, 0.2) is 0 Å². The molecular weight excluding hydrogens is 485 g/mol. The summed E-state index contributed by atoms with van der Waals surface area (Å²) < 4.78 is 18.9. The van der Waals surface area contributed by atoms with E-state index in [0.717, 1.165) is 43.4 Å². The van der Waals surface area contributed by atoms with Crippen molar-refractivity contribution in [2.24, 2.45) is 0 Å². The molecule has 4 aromatic rings. The van der Waals surface area contributed by atoms with E-state index >= 15 is 4.39 Å². The van der Waals surface area contributed by atoms with Gasteiger partial charge >= 0.3 is 6.03 Å². The number of carbonyl (C=O) groups excluding carboxylic acids is 3. The van der Waals surface area contributed by atoms with Gasteiger partial charge in [-0.1, -0.05) is 6.07 Å². The smallest absolute Gasteiger partial charge is 0.320 e. The number of piperidine rings is 1. The molecule has 2 amide bonds. The highest BCUT2D eigenvalue weighted by Crippen LogP contribution is 2.45. The van der Waals surface area contributed by atoms with Gasteiger partial charge in [-0.05, 0) is 54.7 Å². The Labute approximate surface area is 218 Å². The van der Waals surface area contributed by atoms with Gasteiger partial charge in [-0.15, -0.1) is 0 Å². The van der Waals surface area contributed by atoms with Crippen molar-refractivity contribution in [2.75, 3.05) is 19.6 Å². The zero-order chi connectivity index (χ0) is 26.0. The minimum Gasteiger partial charge on any atom is -0.345 e. The molecule has 2 unspecified atom stereocenters. The van der Waals surface area contributed by atoms with Crippen LogP contribution in [0.5, 0.6) is 0 Å². The van der Waals surface area contributed by atoms with Crippen LogP contribution in [0.3, 0.4) is 0 Å².